The van der Waals surface area contributed by atoms with E-state index < -0.39 is 17.5 Å². The van der Waals surface area contributed by atoms with Gasteiger partial charge in [-0.05, 0) is 44.2 Å². The Bertz CT molecular complexity index is 1070. The zero-order valence-electron chi connectivity index (χ0n) is 14.9. The molecular weight excluding hydrogens is 370 g/mol. The van der Waals surface area contributed by atoms with Crippen LogP contribution < -0.4 is 9.54 Å². The lowest BCUT2D eigenvalue weighted by Gasteiger charge is -2.09. The van der Waals surface area contributed by atoms with Crippen molar-refractivity contribution in [1.82, 2.24) is 4.57 Å². The van der Waals surface area contributed by atoms with E-state index in [1.54, 1.807) is 30.3 Å². The molecule has 0 N–H and O–H groups in total. The number of benzene rings is 2. The fourth-order valence-corrected chi connectivity index (χ4v) is 3.69. The normalized spacial score (nSPS) is 12.0. The molecule has 1 heterocycles. The number of nitrogens with zero attached hydrogens (tertiary/aromatic N) is 2. The third-order valence-electron chi connectivity index (χ3n) is 3.68. The van der Waals surface area contributed by atoms with Crippen LogP contribution in [0.25, 0.3) is 10.2 Å². The van der Waals surface area contributed by atoms with E-state index in [9.17, 15) is 13.6 Å². The maximum absolute atomic E-state index is 14.2. The third-order valence-corrected chi connectivity index (χ3v) is 4.70. The van der Waals surface area contributed by atoms with Crippen molar-refractivity contribution in [2.75, 3.05) is 0 Å². The van der Waals surface area contributed by atoms with Crippen LogP contribution in [0.3, 0.4) is 0 Å². The predicted octanol–water partition coefficient (Wildman–Crippen LogP) is 4.70. The minimum atomic E-state index is -0.702. The first-order valence-electron chi connectivity index (χ1n) is 8.34. The number of hydrogen-bond donors (Lipinski definition) is 0. The highest BCUT2D eigenvalue weighted by atomic mass is 32.1. The Morgan fingerprint density at radius 1 is 1.30 bits per heavy atom. The van der Waals surface area contributed by atoms with Crippen molar-refractivity contribution in [2.45, 2.75) is 26.5 Å². The molecule has 27 heavy (non-hydrogen) atoms. The van der Waals surface area contributed by atoms with Crippen molar-refractivity contribution in [3.05, 3.63) is 71.1 Å². The van der Waals surface area contributed by atoms with Gasteiger partial charge in [0.05, 0.1) is 16.3 Å². The van der Waals surface area contributed by atoms with Crippen LogP contribution in [0.15, 0.2) is 54.0 Å². The first-order chi connectivity index (χ1) is 12.9. The monoisotopic (exact) mass is 388 g/mol. The molecule has 3 aromatic rings. The summed E-state index contributed by atoms with van der Waals surface area (Å²) in [6.07, 6.45) is 1.60. The summed E-state index contributed by atoms with van der Waals surface area (Å²) in [4.78, 5) is 16.9. The van der Waals surface area contributed by atoms with Crippen molar-refractivity contribution >= 4 is 27.5 Å². The zero-order valence-corrected chi connectivity index (χ0v) is 15.7. The van der Waals surface area contributed by atoms with Crippen molar-refractivity contribution in [1.29, 1.82) is 0 Å². The average Bonchev–Trinajstić information content (AvgIpc) is 2.92. The summed E-state index contributed by atoms with van der Waals surface area (Å²) < 4.78 is 35.2. The summed E-state index contributed by atoms with van der Waals surface area (Å²) >= 11 is 1.05. The van der Waals surface area contributed by atoms with E-state index in [0.29, 0.717) is 16.0 Å². The van der Waals surface area contributed by atoms with Crippen LogP contribution in [0, 0.1) is 11.6 Å². The largest absolute Gasteiger partial charge is 0.491 e. The molecule has 1 aromatic heterocycles. The van der Waals surface area contributed by atoms with Gasteiger partial charge in [0.1, 0.15) is 11.6 Å². The molecule has 0 saturated heterocycles. The first-order valence-corrected chi connectivity index (χ1v) is 9.15. The van der Waals surface area contributed by atoms with Gasteiger partial charge in [-0.1, -0.05) is 17.4 Å². The standard InChI is InChI=1S/C20H18F2N2O2S/c1-4-9-24-18-16(22)10-14(21)11-17(18)27-20(24)23-19(25)13-5-7-15(8-6-13)26-12(2)3/h4-8,10-12H,1,9H2,2-3H3. The summed E-state index contributed by atoms with van der Waals surface area (Å²) in [5.41, 5.74) is 0.578. The molecule has 1 amide bonds. The van der Waals surface area contributed by atoms with E-state index >= 15 is 0 Å². The molecule has 0 atom stereocenters. The topological polar surface area (TPSA) is 43.6 Å². The van der Waals surface area contributed by atoms with E-state index in [2.05, 4.69) is 11.6 Å². The molecule has 0 spiro atoms. The lowest BCUT2D eigenvalue weighted by Crippen LogP contribution is -2.16. The minimum absolute atomic E-state index is 0.0305. The second-order valence-electron chi connectivity index (χ2n) is 6.13. The molecule has 0 fully saturated rings. The van der Waals surface area contributed by atoms with Crippen molar-refractivity contribution in [3.63, 3.8) is 0 Å². The van der Waals surface area contributed by atoms with Gasteiger partial charge in [0.2, 0.25) is 0 Å². The van der Waals surface area contributed by atoms with Crippen molar-refractivity contribution < 1.29 is 18.3 Å². The molecular formula is C20H18F2N2O2S. The molecule has 3 rings (SSSR count). The molecule has 0 aliphatic heterocycles. The molecule has 0 aliphatic carbocycles. The molecule has 0 saturated carbocycles. The van der Waals surface area contributed by atoms with Gasteiger partial charge in [-0.3, -0.25) is 4.79 Å². The van der Waals surface area contributed by atoms with Crippen LogP contribution in [0.1, 0.15) is 24.2 Å². The molecule has 0 bridgehead atoms. The van der Waals surface area contributed by atoms with E-state index in [1.165, 1.54) is 10.6 Å². The summed E-state index contributed by atoms with van der Waals surface area (Å²) in [6.45, 7) is 7.72. The maximum atomic E-state index is 14.2. The molecule has 0 unspecified atom stereocenters. The van der Waals surface area contributed by atoms with Gasteiger partial charge in [-0.25, -0.2) is 8.78 Å². The highest BCUT2D eigenvalue weighted by Crippen LogP contribution is 2.22. The Morgan fingerprint density at radius 2 is 2.00 bits per heavy atom. The summed E-state index contributed by atoms with van der Waals surface area (Å²) in [6, 6.07) is 8.67. The van der Waals surface area contributed by atoms with Gasteiger partial charge in [0.25, 0.3) is 5.91 Å². The number of rotatable bonds is 5. The molecule has 0 radical (unpaired) electrons. The number of thiazole rings is 1. The van der Waals surface area contributed by atoms with Crippen LogP contribution in [-0.2, 0) is 6.54 Å². The Balaban J connectivity index is 2.04. The van der Waals surface area contributed by atoms with E-state index in [1.807, 2.05) is 13.8 Å². The van der Waals surface area contributed by atoms with Crippen LogP contribution in [0.2, 0.25) is 0 Å². The zero-order chi connectivity index (χ0) is 19.6. The number of carbonyl (C=O) groups excluding carboxylic acids is 1. The van der Waals surface area contributed by atoms with Crippen LogP contribution in [0.5, 0.6) is 5.75 Å². The Kier molecular flexibility index (Phi) is 5.51. The molecule has 4 nitrogen and oxygen atoms in total. The lowest BCUT2D eigenvalue weighted by atomic mass is 10.2. The predicted molar refractivity (Wildman–Crippen MR) is 102 cm³/mol. The molecule has 7 heteroatoms. The average molecular weight is 388 g/mol. The molecule has 140 valence electrons. The number of ether oxygens (including phenoxy) is 1. The fourth-order valence-electron chi connectivity index (χ4n) is 2.61. The number of amides is 1. The summed E-state index contributed by atoms with van der Waals surface area (Å²) in [5.74, 6) is -1.20. The number of aromatic nitrogens is 1. The smallest absolute Gasteiger partial charge is 0.279 e. The van der Waals surface area contributed by atoms with Crippen LogP contribution in [0.4, 0.5) is 8.78 Å². The Hall–Kier alpha value is -2.80. The third kappa shape index (κ3) is 4.14. The second kappa shape index (κ2) is 7.84. The van der Waals surface area contributed by atoms with E-state index in [4.69, 9.17) is 4.74 Å². The lowest BCUT2D eigenvalue weighted by molar-refractivity contribution is 0.0998. The Labute approximate surface area is 159 Å². The van der Waals surface area contributed by atoms with Gasteiger partial charge in [0.15, 0.2) is 10.6 Å². The molecule has 0 aliphatic rings. The minimum Gasteiger partial charge on any atom is -0.491 e. The summed E-state index contributed by atoms with van der Waals surface area (Å²) in [5, 5.41) is 0. The van der Waals surface area contributed by atoms with E-state index in [-0.39, 0.29) is 23.0 Å². The second-order valence-corrected chi connectivity index (χ2v) is 7.14. The number of allylic oxidation sites excluding steroid dienone is 1. The fraction of sp³-hybridized carbons (Fsp3) is 0.200. The number of halogens is 2. The van der Waals surface area contributed by atoms with Crippen molar-refractivity contribution in [3.8, 4) is 5.75 Å². The first kappa shape index (κ1) is 19.0. The van der Waals surface area contributed by atoms with E-state index in [0.717, 1.165) is 17.4 Å². The SMILES string of the molecule is C=CCn1c(=NC(=O)c2ccc(OC(C)C)cc2)sc2cc(F)cc(F)c21. The van der Waals surface area contributed by atoms with Gasteiger partial charge >= 0.3 is 0 Å². The molecule has 2 aromatic carbocycles. The van der Waals surface area contributed by atoms with Gasteiger partial charge < -0.3 is 9.30 Å². The van der Waals surface area contributed by atoms with Gasteiger partial charge in [-0.15, -0.1) is 6.58 Å². The quantitative estimate of drug-likeness (QED) is 0.595. The number of carbonyl (C=O) groups is 1. The Morgan fingerprint density at radius 3 is 2.63 bits per heavy atom. The highest BCUT2D eigenvalue weighted by Gasteiger charge is 2.14. The summed E-state index contributed by atoms with van der Waals surface area (Å²) in [7, 11) is 0. The van der Waals surface area contributed by atoms with Gasteiger partial charge in [-0.2, -0.15) is 4.99 Å². The number of hydrogen-bond acceptors (Lipinski definition) is 3. The van der Waals surface area contributed by atoms with Crippen molar-refractivity contribution in [2.24, 2.45) is 4.99 Å². The van der Waals surface area contributed by atoms with Crippen LogP contribution >= 0.6 is 11.3 Å². The highest BCUT2D eigenvalue weighted by molar-refractivity contribution is 7.16. The van der Waals surface area contributed by atoms with Crippen LogP contribution in [-0.4, -0.2) is 16.6 Å². The maximum Gasteiger partial charge on any atom is 0.279 e. The number of fused-ring (bicyclic) bond motifs is 1. The van der Waals surface area contributed by atoms with Gasteiger partial charge in [0, 0.05) is 18.2 Å².